The van der Waals surface area contributed by atoms with E-state index in [4.69, 9.17) is 0 Å². The molecule has 2 aromatic heterocycles. The van der Waals surface area contributed by atoms with Crippen LogP contribution >= 0.6 is 0 Å². The van der Waals surface area contributed by atoms with Gasteiger partial charge in [0.25, 0.3) is 0 Å². The summed E-state index contributed by atoms with van der Waals surface area (Å²) in [4.78, 5) is 33.9. The zero-order valence-electron chi connectivity index (χ0n) is 16.7. The first-order valence-corrected chi connectivity index (χ1v) is 10.5. The number of nitrogens with one attached hydrogen (secondary N) is 1. The van der Waals surface area contributed by atoms with Crippen LogP contribution in [0.4, 0.5) is 5.82 Å². The van der Waals surface area contributed by atoms with E-state index in [0.717, 1.165) is 43.6 Å². The third-order valence-electron chi connectivity index (χ3n) is 6.28. The molecule has 29 heavy (non-hydrogen) atoms. The topological polar surface area (TPSA) is 78.0 Å². The van der Waals surface area contributed by atoms with Crippen molar-refractivity contribution >= 4 is 22.9 Å². The molecule has 2 aliphatic rings. The summed E-state index contributed by atoms with van der Waals surface area (Å²) >= 11 is 0. The van der Waals surface area contributed by atoms with Gasteiger partial charge < -0.3 is 14.8 Å². The van der Waals surface area contributed by atoms with Crippen LogP contribution in [0.1, 0.15) is 43.2 Å². The van der Waals surface area contributed by atoms with Crippen LogP contribution in [0, 0.1) is 6.92 Å². The van der Waals surface area contributed by atoms with Crippen LogP contribution in [0.2, 0.25) is 0 Å². The maximum absolute atomic E-state index is 13.1. The van der Waals surface area contributed by atoms with Crippen LogP contribution in [0.5, 0.6) is 0 Å². The zero-order valence-corrected chi connectivity index (χ0v) is 16.7. The number of aromatic amines is 1. The molecule has 2 aliphatic heterocycles. The number of aryl methyl sites for hydroxylation is 1. The number of imidazole rings is 1. The van der Waals surface area contributed by atoms with E-state index < -0.39 is 0 Å². The van der Waals surface area contributed by atoms with Gasteiger partial charge in [0.15, 0.2) is 11.5 Å². The molecule has 4 heterocycles. The number of benzene rings is 1. The Kier molecular flexibility index (Phi) is 4.66. The van der Waals surface area contributed by atoms with Crippen molar-refractivity contribution in [2.24, 2.45) is 0 Å². The number of nitrogens with zero attached hydrogens (tertiary/aromatic N) is 5. The highest BCUT2D eigenvalue weighted by Crippen LogP contribution is 2.35. The van der Waals surface area contributed by atoms with Crippen molar-refractivity contribution in [3.63, 3.8) is 0 Å². The second-order valence-corrected chi connectivity index (χ2v) is 8.17. The zero-order chi connectivity index (χ0) is 19.8. The third kappa shape index (κ3) is 3.34. The van der Waals surface area contributed by atoms with Gasteiger partial charge >= 0.3 is 0 Å². The van der Waals surface area contributed by atoms with Gasteiger partial charge in [-0.15, -0.1) is 0 Å². The lowest BCUT2D eigenvalue weighted by molar-refractivity contribution is -0.135. The van der Waals surface area contributed by atoms with Gasteiger partial charge in [-0.3, -0.25) is 4.79 Å². The molecule has 1 N–H and O–H groups in total. The highest BCUT2D eigenvalue weighted by Gasteiger charge is 2.41. The SMILES string of the molecule is Cc1cccc(CN2C(=O)CCCCC3C2CCN3c2ncnc3nc[nH]c23)c1. The van der Waals surface area contributed by atoms with Crippen LogP contribution in [-0.4, -0.2) is 49.4 Å². The van der Waals surface area contributed by atoms with E-state index in [1.807, 2.05) is 0 Å². The van der Waals surface area contributed by atoms with E-state index in [-0.39, 0.29) is 18.0 Å². The summed E-state index contributed by atoms with van der Waals surface area (Å²) in [6, 6.07) is 8.96. The number of H-pyrrole nitrogens is 1. The van der Waals surface area contributed by atoms with Crippen LogP contribution in [0.25, 0.3) is 11.2 Å². The van der Waals surface area contributed by atoms with Gasteiger partial charge in [0.05, 0.1) is 18.4 Å². The maximum Gasteiger partial charge on any atom is 0.223 e. The van der Waals surface area contributed by atoms with Gasteiger partial charge in [0.2, 0.25) is 5.91 Å². The molecule has 7 nitrogen and oxygen atoms in total. The number of carbonyl (C=O) groups excluding carboxylic acids is 1. The molecule has 0 aliphatic carbocycles. The number of anilines is 1. The second-order valence-electron chi connectivity index (χ2n) is 8.17. The van der Waals surface area contributed by atoms with E-state index in [0.29, 0.717) is 18.6 Å². The number of likely N-dealkylation sites (tertiary alicyclic amines) is 1. The van der Waals surface area contributed by atoms with E-state index in [1.165, 1.54) is 11.1 Å². The van der Waals surface area contributed by atoms with Gasteiger partial charge in [-0.1, -0.05) is 36.2 Å². The number of rotatable bonds is 3. The Morgan fingerprint density at radius 1 is 1.14 bits per heavy atom. The van der Waals surface area contributed by atoms with Crippen molar-refractivity contribution in [3.05, 3.63) is 48.0 Å². The third-order valence-corrected chi connectivity index (χ3v) is 6.28. The Balaban J connectivity index is 1.48. The van der Waals surface area contributed by atoms with Crippen molar-refractivity contribution < 1.29 is 4.79 Å². The number of aromatic nitrogens is 4. The Labute approximate surface area is 170 Å². The smallest absolute Gasteiger partial charge is 0.223 e. The summed E-state index contributed by atoms with van der Waals surface area (Å²) in [5, 5.41) is 0. The van der Waals surface area contributed by atoms with Crippen LogP contribution < -0.4 is 4.90 Å². The van der Waals surface area contributed by atoms with Crippen LogP contribution in [0.15, 0.2) is 36.9 Å². The average molecular weight is 390 g/mol. The number of hydrogen-bond acceptors (Lipinski definition) is 5. The van der Waals surface area contributed by atoms with Gasteiger partial charge in [-0.2, -0.15) is 0 Å². The monoisotopic (exact) mass is 390 g/mol. The van der Waals surface area contributed by atoms with Gasteiger partial charge in [0.1, 0.15) is 11.8 Å². The van der Waals surface area contributed by atoms with Crippen LogP contribution in [0.3, 0.4) is 0 Å². The molecule has 150 valence electrons. The molecule has 2 fully saturated rings. The number of fused-ring (bicyclic) bond motifs is 2. The van der Waals surface area contributed by atoms with Crippen molar-refractivity contribution in [1.29, 1.82) is 0 Å². The summed E-state index contributed by atoms with van der Waals surface area (Å²) < 4.78 is 0. The average Bonchev–Trinajstić information content (AvgIpc) is 3.35. The van der Waals surface area contributed by atoms with E-state index >= 15 is 0 Å². The molecule has 0 bridgehead atoms. The molecule has 7 heteroatoms. The van der Waals surface area contributed by atoms with Crippen molar-refractivity contribution in [1.82, 2.24) is 24.8 Å². The normalized spacial score (nSPS) is 22.6. The quantitative estimate of drug-likeness (QED) is 0.743. The number of amides is 1. The lowest BCUT2D eigenvalue weighted by Crippen LogP contribution is -2.48. The van der Waals surface area contributed by atoms with Crippen LogP contribution in [-0.2, 0) is 11.3 Å². The summed E-state index contributed by atoms with van der Waals surface area (Å²) in [5.41, 5.74) is 4.01. The molecule has 5 rings (SSSR count). The first-order chi connectivity index (χ1) is 14.2. The summed E-state index contributed by atoms with van der Waals surface area (Å²) in [7, 11) is 0. The van der Waals surface area contributed by atoms with E-state index in [2.05, 4.69) is 60.9 Å². The Morgan fingerprint density at radius 3 is 2.97 bits per heavy atom. The fourth-order valence-electron chi connectivity index (χ4n) is 4.95. The van der Waals surface area contributed by atoms with Crippen molar-refractivity contribution in [2.75, 3.05) is 11.4 Å². The minimum atomic E-state index is 0.205. The van der Waals surface area contributed by atoms with Gasteiger partial charge in [-0.05, 0) is 31.7 Å². The molecule has 0 spiro atoms. The molecule has 0 saturated carbocycles. The summed E-state index contributed by atoms with van der Waals surface area (Å²) in [5.74, 6) is 1.18. The van der Waals surface area contributed by atoms with E-state index in [9.17, 15) is 4.79 Å². The Hall–Kier alpha value is -2.96. The first kappa shape index (κ1) is 18.1. The molecule has 2 saturated heterocycles. The molecule has 3 aromatic rings. The first-order valence-electron chi connectivity index (χ1n) is 10.5. The fraction of sp³-hybridized carbons (Fsp3) is 0.455. The summed E-state index contributed by atoms with van der Waals surface area (Å²) in [6.07, 6.45) is 7.95. The molecule has 2 unspecified atom stereocenters. The van der Waals surface area contributed by atoms with Gasteiger partial charge in [0, 0.05) is 19.5 Å². The highest BCUT2D eigenvalue weighted by molar-refractivity contribution is 5.83. The number of carbonyl (C=O) groups is 1. The molecule has 1 amide bonds. The molecule has 0 radical (unpaired) electrons. The molecule has 2 atom stereocenters. The minimum absolute atomic E-state index is 0.205. The molecule has 1 aromatic carbocycles. The highest BCUT2D eigenvalue weighted by atomic mass is 16.2. The standard InChI is InChI=1S/C22H26N6O/c1-15-5-4-6-16(11-15)12-28-18-9-10-27(17(18)7-2-3-8-19(28)29)22-20-21(24-13-23-20)25-14-26-22/h4-6,11,13-14,17-18H,2-3,7-10,12H2,1H3,(H,23,24,25,26). The van der Waals surface area contributed by atoms with Crippen molar-refractivity contribution in [2.45, 2.75) is 57.7 Å². The predicted octanol–water partition coefficient (Wildman–Crippen LogP) is 3.21. The molecular formula is C22H26N6O. The Bertz CT molecular complexity index is 1030. The lowest BCUT2D eigenvalue weighted by Gasteiger charge is -2.38. The van der Waals surface area contributed by atoms with Gasteiger partial charge in [-0.25, -0.2) is 15.0 Å². The van der Waals surface area contributed by atoms with Crippen molar-refractivity contribution in [3.8, 4) is 0 Å². The second kappa shape index (κ2) is 7.46. The minimum Gasteiger partial charge on any atom is -0.350 e. The maximum atomic E-state index is 13.1. The Morgan fingerprint density at radius 2 is 2.07 bits per heavy atom. The largest absolute Gasteiger partial charge is 0.350 e. The lowest BCUT2D eigenvalue weighted by atomic mass is 9.96. The predicted molar refractivity (Wildman–Crippen MR) is 111 cm³/mol. The number of hydrogen-bond donors (Lipinski definition) is 1. The van der Waals surface area contributed by atoms with E-state index in [1.54, 1.807) is 12.7 Å². The molecular weight excluding hydrogens is 364 g/mol. The fourth-order valence-corrected chi connectivity index (χ4v) is 4.95. The summed E-state index contributed by atoms with van der Waals surface area (Å²) in [6.45, 7) is 3.67.